The molecule has 0 aromatic heterocycles. The number of hydrogen-bond donors (Lipinski definition) is 0. The number of halogens is 3. The lowest BCUT2D eigenvalue weighted by molar-refractivity contribution is 0.107. The summed E-state index contributed by atoms with van der Waals surface area (Å²) in [5, 5.41) is 0. The van der Waals surface area contributed by atoms with Crippen LogP contribution >= 0.6 is 15.9 Å². The SMILES string of the molecule is CC(C)Oc1ccccc1C(F)(F)Br. The maximum absolute atomic E-state index is 13.0. The van der Waals surface area contributed by atoms with Crippen LogP contribution in [0.2, 0.25) is 0 Å². The van der Waals surface area contributed by atoms with Crippen LogP contribution in [0.15, 0.2) is 24.3 Å². The second-order valence-corrected chi connectivity index (χ2v) is 4.16. The van der Waals surface area contributed by atoms with Gasteiger partial charge >= 0.3 is 4.83 Å². The highest BCUT2D eigenvalue weighted by molar-refractivity contribution is 9.09. The Bertz CT molecular complexity index is 307. The molecule has 0 radical (unpaired) electrons. The van der Waals surface area contributed by atoms with Gasteiger partial charge in [-0.05, 0) is 41.9 Å². The zero-order valence-electron chi connectivity index (χ0n) is 7.93. The smallest absolute Gasteiger partial charge is 0.330 e. The average Bonchev–Trinajstić information content (AvgIpc) is 2.01. The third-order valence-electron chi connectivity index (χ3n) is 1.56. The van der Waals surface area contributed by atoms with Crippen LogP contribution in [0.4, 0.5) is 8.78 Å². The highest BCUT2D eigenvalue weighted by Gasteiger charge is 2.30. The maximum atomic E-state index is 13.0. The molecule has 0 aliphatic heterocycles. The molecule has 14 heavy (non-hydrogen) atoms. The minimum Gasteiger partial charge on any atom is -0.490 e. The Labute approximate surface area is 90.2 Å². The normalized spacial score (nSPS) is 11.9. The first-order valence-corrected chi connectivity index (χ1v) is 5.03. The van der Waals surface area contributed by atoms with Crippen molar-refractivity contribution in [3.8, 4) is 5.75 Å². The van der Waals surface area contributed by atoms with Crippen molar-refractivity contribution in [2.75, 3.05) is 0 Å². The predicted molar refractivity (Wildman–Crippen MR) is 55.0 cm³/mol. The van der Waals surface area contributed by atoms with Crippen LogP contribution < -0.4 is 4.74 Å². The molecule has 0 atom stereocenters. The Balaban J connectivity index is 3.04. The van der Waals surface area contributed by atoms with Crippen LogP contribution in [-0.2, 0) is 4.83 Å². The van der Waals surface area contributed by atoms with Crippen LogP contribution in [0.3, 0.4) is 0 Å². The summed E-state index contributed by atoms with van der Waals surface area (Å²) in [6.07, 6.45) is -0.119. The standard InChI is InChI=1S/C10H11BrF2O/c1-7(2)14-9-6-4-3-5-8(9)10(11,12)13/h3-7H,1-2H3. The van der Waals surface area contributed by atoms with Gasteiger partial charge in [-0.3, -0.25) is 0 Å². The fraction of sp³-hybridized carbons (Fsp3) is 0.400. The molecule has 0 saturated carbocycles. The molecule has 0 aliphatic rings. The van der Waals surface area contributed by atoms with Gasteiger partial charge in [0.25, 0.3) is 0 Å². The molecule has 0 heterocycles. The molecule has 0 unspecified atom stereocenters. The van der Waals surface area contributed by atoms with E-state index in [9.17, 15) is 8.78 Å². The molecule has 0 saturated heterocycles. The third-order valence-corrected chi connectivity index (χ3v) is 1.98. The Morgan fingerprint density at radius 1 is 1.29 bits per heavy atom. The summed E-state index contributed by atoms with van der Waals surface area (Å²) in [7, 11) is 0. The van der Waals surface area contributed by atoms with Crippen LogP contribution in [0.1, 0.15) is 19.4 Å². The van der Waals surface area contributed by atoms with Crippen molar-refractivity contribution >= 4 is 15.9 Å². The Kier molecular flexibility index (Phi) is 3.48. The number of para-hydroxylation sites is 1. The molecule has 1 aromatic rings. The summed E-state index contributed by atoms with van der Waals surface area (Å²) in [4.78, 5) is -3.04. The maximum Gasteiger partial charge on any atom is 0.330 e. The van der Waals surface area contributed by atoms with E-state index in [4.69, 9.17) is 4.74 Å². The molecular weight excluding hydrogens is 254 g/mol. The second kappa shape index (κ2) is 4.26. The zero-order chi connectivity index (χ0) is 10.8. The molecule has 1 nitrogen and oxygen atoms in total. The van der Waals surface area contributed by atoms with Gasteiger partial charge in [0, 0.05) is 0 Å². The molecule has 4 heteroatoms. The predicted octanol–water partition coefficient (Wildman–Crippen LogP) is 3.92. The summed E-state index contributed by atoms with van der Waals surface area (Å²) in [5.41, 5.74) is -0.145. The van der Waals surface area contributed by atoms with E-state index in [0.717, 1.165) is 0 Å². The van der Waals surface area contributed by atoms with Crippen molar-refractivity contribution in [2.24, 2.45) is 0 Å². The minimum atomic E-state index is -3.04. The van der Waals surface area contributed by atoms with Gasteiger partial charge < -0.3 is 4.74 Å². The van der Waals surface area contributed by atoms with Gasteiger partial charge in [0.15, 0.2) is 0 Å². The summed E-state index contributed by atoms with van der Waals surface area (Å²) < 4.78 is 31.3. The quantitative estimate of drug-likeness (QED) is 0.752. The summed E-state index contributed by atoms with van der Waals surface area (Å²) in [6, 6.07) is 6.09. The van der Waals surface area contributed by atoms with Crippen LogP contribution in [0.5, 0.6) is 5.75 Å². The lowest BCUT2D eigenvalue weighted by Gasteiger charge is -2.16. The van der Waals surface area contributed by atoms with Crippen molar-refractivity contribution in [2.45, 2.75) is 24.8 Å². The Hall–Kier alpha value is -0.640. The fourth-order valence-electron chi connectivity index (χ4n) is 1.06. The van der Waals surface area contributed by atoms with Gasteiger partial charge in [0.1, 0.15) is 5.75 Å². The van der Waals surface area contributed by atoms with Gasteiger partial charge in [0.05, 0.1) is 11.7 Å². The molecule has 0 fully saturated rings. The van der Waals surface area contributed by atoms with Crippen molar-refractivity contribution in [1.82, 2.24) is 0 Å². The molecule has 78 valence electrons. The zero-order valence-corrected chi connectivity index (χ0v) is 9.51. The minimum absolute atomic E-state index is 0.119. The lowest BCUT2D eigenvalue weighted by atomic mass is 10.2. The van der Waals surface area contributed by atoms with E-state index in [1.807, 2.05) is 0 Å². The largest absolute Gasteiger partial charge is 0.490 e. The highest BCUT2D eigenvalue weighted by atomic mass is 79.9. The Morgan fingerprint density at radius 3 is 2.36 bits per heavy atom. The van der Waals surface area contributed by atoms with E-state index in [-0.39, 0.29) is 17.4 Å². The van der Waals surface area contributed by atoms with Gasteiger partial charge in [-0.2, -0.15) is 8.78 Å². The number of hydrogen-bond acceptors (Lipinski definition) is 1. The highest BCUT2D eigenvalue weighted by Crippen LogP contribution is 2.40. The third kappa shape index (κ3) is 2.94. The van der Waals surface area contributed by atoms with Gasteiger partial charge in [-0.1, -0.05) is 12.1 Å². The van der Waals surface area contributed by atoms with E-state index in [1.54, 1.807) is 26.0 Å². The number of benzene rings is 1. The Morgan fingerprint density at radius 2 is 1.86 bits per heavy atom. The molecule has 1 rings (SSSR count). The van der Waals surface area contributed by atoms with Crippen molar-refractivity contribution in [3.05, 3.63) is 29.8 Å². The second-order valence-electron chi connectivity index (χ2n) is 3.16. The number of rotatable bonds is 3. The molecule has 0 bridgehead atoms. The number of ether oxygens (including phenoxy) is 1. The first-order valence-electron chi connectivity index (χ1n) is 4.24. The van der Waals surface area contributed by atoms with Crippen LogP contribution in [0, 0.1) is 0 Å². The summed E-state index contributed by atoms with van der Waals surface area (Å²) >= 11 is 2.31. The molecule has 0 amide bonds. The topological polar surface area (TPSA) is 9.23 Å². The average molecular weight is 265 g/mol. The van der Waals surface area contributed by atoms with Gasteiger partial charge in [0.2, 0.25) is 0 Å². The molecule has 1 aromatic carbocycles. The molecule has 0 aliphatic carbocycles. The lowest BCUT2D eigenvalue weighted by Crippen LogP contribution is -2.11. The van der Waals surface area contributed by atoms with Gasteiger partial charge in [-0.15, -0.1) is 0 Å². The van der Waals surface area contributed by atoms with E-state index in [0.29, 0.717) is 0 Å². The molecular formula is C10H11BrF2O. The number of alkyl halides is 3. The van der Waals surface area contributed by atoms with E-state index in [1.165, 1.54) is 12.1 Å². The first-order chi connectivity index (χ1) is 6.41. The molecule has 0 N–H and O–H groups in total. The van der Waals surface area contributed by atoms with Crippen LogP contribution in [0.25, 0.3) is 0 Å². The van der Waals surface area contributed by atoms with E-state index < -0.39 is 4.83 Å². The van der Waals surface area contributed by atoms with E-state index >= 15 is 0 Å². The van der Waals surface area contributed by atoms with Crippen LogP contribution in [-0.4, -0.2) is 6.10 Å². The fourth-order valence-corrected chi connectivity index (χ4v) is 1.39. The first kappa shape index (κ1) is 11.4. The monoisotopic (exact) mass is 264 g/mol. The van der Waals surface area contributed by atoms with Crippen molar-refractivity contribution < 1.29 is 13.5 Å². The van der Waals surface area contributed by atoms with E-state index in [2.05, 4.69) is 15.9 Å². The van der Waals surface area contributed by atoms with Crippen molar-refractivity contribution in [3.63, 3.8) is 0 Å². The van der Waals surface area contributed by atoms with Gasteiger partial charge in [-0.25, -0.2) is 0 Å². The molecule has 0 spiro atoms. The van der Waals surface area contributed by atoms with Crippen molar-refractivity contribution in [1.29, 1.82) is 0 Å². The summed E-state index contributed by atoms with van der Waals surface area (Å²) in [6.45, 7) is 3.59. The summed E-state index contributed by atoms with van der Waals surface area (Å²) in [5.74, 6) is 0.212.